The SMILES string of the molecule is CS(=O)(=O)c1cc(O)cc2c1-c1ccccc1C2=O. The molecule has 0 bridgehead atoms. The third-order valence-corrected chi connectivity index (χ3v) is 4.29. The van der Waals surface area contributed by atoms with E-state index in [9.17, 15) is 18.3 Å². The summed E-state index contributed by atoms with van der Waals surface area (Å²) in [6, 6.07) is 9.34. The average molecular weight is 274 g/mol. The van der Waals surface area contributed by atoms with Crippen LogP contribution in [-0.4, -0.2) is 25.6 Å². The predicted molar refractivity (Wildman–Crippen MR) is 70.1 cm³/mol. The summed E-state index contributed by atoms with van der Waals surface area (Å²) in [5.74, 6) is -0.480. The van der Waals surface area contributed by atoms with Crippen LogP contribution in [-0.2, 0) is 9.84 Å². The summed E-state index contributed by atoms with van der Waals surface area (Å²) in [7, 11) is -3.53. The molecule has 0 fully saturated rings. The first-order chi connectivity index (χ1) is 8.89. The normalized spacial score (nSPS) is 13.2. The summed E-state index contributed by atoms with van der Waals surface area (Å²) in [4.78, 5) is 12.2. The van der Waals surface area contributed by atoms with E-state index in [0.29, 0.717) is 16.7 Å². The van der Waals surface area contributed by atoms with E-state index in [0.717, 1.165) is 6.26 Å². The number of benzene rings is 2. The number of phenols is 1. The van der Waals surface area contributed by atoms with Gasteiger partial charge in [0.15, 0.2) is 15.6 Å². The molecule has 0 aliphatic heterocycles. The van der Waals surface area contributed by atoms with E-state index >= 15 is 0 Å². The van der Waals surface area contributed by atoms with E-state index in [1.807, 2.05) is 0 Å². The number of hydrogen-bond acceptors (Lipinski definition) is 4. The Kier molecular flexibility index (Phi) is 2.31. The van der Waals surface area contributed by atoms with Gasteiger partial charge in [-0.2, -0.15) is 0 Å². The number of rotatable bonds is 1. The number of hydrogen-bond donors (Lipinski definition) is 1. The van der Waals surface area contributed by atoms with E-state index in [1.165, 1.54) is 12.1 Å². The molecule has 1 aliphatic rings. The van der Waals surface area contributed by atoms with Crippen molar-refractivity contribution in [3.8, 4) is 16.9 Å². The average Bonchev–Trinajstić information content (AvgIpc) is 2.62. The number of sulfone groups is 1. The van der Waals surface area contributed by atoms with Crippen molar-refractivity contribution in [1.29, 1.82) is 0 Å². The van der Waals surface area contributed by atoms with Crippen LogP contribution >= 0.6 is 0 Å². The van der Waals surface area contributed by atoms with Gasteiger partial charge in [0.05, 0.1) is 4.90 Å². The molecule has 0 saturated heterocycles. The van der Waals surface area contributed by atoms with Crippen molar-refractivity contribution in [2.75, 3.05) is 6.26 Å². The molecule has 19 heavy (non-hydrogen) atoms. The summed E-state index contributed by atoms with van der Waals surface area (Å²) in [5.41, 5.74) is 1.69. The van der Waals surface area contributed by atoms with Crippen molar-refractivity contribution in [2.45, 2.75) is 4.90 Å². The lowest BCUT2D eigenvalue weighted by atomic mass is 10.1. The third kappa shape index (κ3) is 1.66. The first-order valence-electron chi connectivity index (χ1n) is 5.61. The molecule has 4 nitrogen and oxygen atoms in total. The Labute approximate surface area is 110 Å². The monoisotopic (exact) mass is 274 g/mol. The number of fused-ring (bicyclic) bond motifs is 3. The van der Waals surface area contributed by atoms with Crippen LogP contribution in [0.5, 0.6) is 5.75 Å². The van der Waals surface area contributed by atoms with Crippen LogP contribution in [0.2, 0.25) is 0 Å². The van der Waals surface area contributed by atoms with Gasteiger partial charge in [0, 0.05) is 22.9 Å². The maximum Gasteiger partial charge on any atom is 0.194 e. The zero-order chi connectivity index (χ0) is 13.8. The molecule has 0 aromatic heterocycles. The highest BCUT2D eigenvalue weighted by atomic mass is 32.2. The largest absolute Gasteiger partial charge is 0.508 e. The fourth-order valence-electron chi connectivity index (χ4n) is 2.39. The van der Waals surface area contributed by atoms with Crippen molar-refractivity contribution in [1.82, 2.24) is 0 Å². The number of carbonyl (C=O) groups excluding carboxylic acids is 1. The van der Waals surface area contributed by atoms with Crippen LogP contribution in [0.4, 0.5) is 0 Å². The van der Waals surface area contributed by atoms with Gasteiger partial charge in [0.25, 0.3) is 0 Å². The van der Waals surface area contributed by atoms with Gasteiger partial charge in [-0.1, -0.05) is 24.3 Å². The van der Waals surface area contributed by atoms with E-state index < -0.39 is 9.84 Å². The Hall–Kier alpha value is -2.14. The van der Waals surface area contributed by atoms with Gasteiger partial charge >= 0.3 is 0 Å². The van der Waals surface area contributed by atoms with Gasteiger partial charge in [-0.15, -0.1) is 0 Å². The number of phenolic OH excluding ortho intramolecular Hbond substituents is 1. The maximum absolute atomic E-state index is 12.2. The highest BCUT2D eigenvalue weighted by Gasteiger charge is 2.31. The Morgan fingerprint density at radius 1 is 1.00 bits per heavy atom. The van der Waals surface area contributed by atoms with Gasteiger partial charge in [0.2, 0.25) is 0 Å². The third-order valence-electron chi connectivity index (χ3n) is 3.17. The number of ketones is 1. The molecule has 1 aliphatic carbocycles. The lowest BCUT2D eigenvalue weighted by Crippen LogP contribution is -2.01. The standard InChI is InChI=1S/C14H10O4S/c1-19(17,18)12-7-8(15)6-11-13(12)9-4-2-3-5-10(9)14(11)16/h2-7,15H,1H3. The Morgan fingerprint density at radius 2 is 1.63 bits per heavy atom. The van der Waals surface area contributed by atoms with Crippen molar-refractivity contribution in [2.24, 2.45) is 0 Å². The van der Waals surface area contributed by atoms with E-state index in [4.69, 9.17) is 0 Å². The zero-order valence-corrected chi connectivity index (χ0v) is 10.9. The van der Waals surface area contributed by atoms with Crippen molar-refractivity contribution in [3.05, 3.63) is 47.5 Å². The highest BCUT2D eigenvalue weighted by Crippen LogP contribution is 2.42. The van der Waals surface area contributed by atoms with Crippen LogP contribution in [0, 0.1) is 0 Å². The number of aromatic hydroxyl groups is 1. The summed E-state index contributed by atoms with van der Waals surface area (Å²) in [5, 5.41) is 9.62. The first-order valence-corrected chi connectivity index (χ1v) is 7.50. The van der Waals surface area contributed by atoms with Crippen LogP contribution in [0.1, 0.15) is 15.9 Å². The second kappa shape index (κ2) is 3.68. The molecule has 2 aromatic rings. The first kappa shape index (κ1) is 11.9. The Morgan fingerprint density at radius 3 is 2.26 bits per heavy atom. The Balaban J connectivity index is 2.49. The highest BCUT2D eigenvalue weighted by molar-refractivity contribution is 7.90. The molecule has 96 valence electrons. The molecular weight excluding hydrogens is 264 g/mol. The van der Waals surface area contributed by atoms with Gasteiger partial charge in [-0.05, 0) is 17.7 Å². The lowest BCUT2D eigenvalue weighted by molar-refractivity contribution is 0.104. The molecule has 2 aromatic carbocycles. The summed E-state index contributed by atoms with van der Waals surface area (Å²) < 4.78 is 23.7. The molecule has 3 rings (SSSR count). The van der Waals surface area contributed by atoms with Crippen LogP contribution in [0.25, 0.3) is 11.1 Å². The van der Waals surface area contributed by atoms with Gasteiger partial charge in [-0.25, -0.2) is 8.42 Å². The second-order valence-corrected chi connectivity index (χ2v) is 6.50. The molecule has 0 heterocycles. The predicted octanol–water partition coefficient (Wildman–Crippen LogP) is 2.01. The topological polar surface area (TPSA) is 71.4 Å². The molecule has 5 heteroatoms. The number of carbonyl (C=O) groups is 1. The minimum absolute atomic E-state index is 0.0131. The summed E-state index contributed by atoms with van der Waals surface area (Å²) in [6.07, 6.45) is 1.06. The smallest absolute Gasteiger partial charge is 0.194 e. The molecular formula is C14H10O4S. The zero-order valence-electron chi connectivity index (χ0n) is 10.0. The van der Waals surface area contributed by atoms with Crippen LogP contribution in [0.3, 0.4) is 0 Å². The fourth-order valence-corrected chi connectivity index (χ4v) is 3.32. The van der Waals surface area contributed by atoms with Gasteiger partial charge < -0.3 is 5.11 Å². The molecule has 0 saturated carbocycles. The van der Waals surface area contributed by atoms with Gasteiger partial charge in [-0.3, -0.25) is 4.79 Å². The van der Waals surface area contributed by atoms with E-state index in [2.05, 4.69) is 0 Å². The van der Waals surface area contributed by atoms with E-state index in [1.54, 1.807) is 24.3 Å². The maximum atomic E-state index is 12.2. The molecule has 0 spiro atoms. The molecule has 1 N–H and O–H groups in total. The van der Waals surface area contributed by atoms with Crippen molar-refractivity contribution >= 4 is 15.6 Å². The van der Waals surface area contributed by atoms with E-state index in [-0.39, 0.29) is 22.0 Å². The van der Waals surface area contributed by atoms with Crippen LogP contribution in [0.15, 0.2) is 41.3 Å². The minimum Gasteiger partial charge on any atom is -0.508 e. The van der Waals surface area contributed by atoms with Crippen molar-refractivity contribution < 1.29 is 18.3 Å². The lowest BCUT2D eigenvalue weighted by Gasteiger charge is -2.07. The second-order valence-electron chi connectivity index (χ2n) is 4.51. The summed E-state index contributed by atoms with van der Waals surface area (Å²) >= 11 is 0. The molecule has 0 amide bonds. The Bertz CT molecular complexity index is 819. The molecule has 0 atom stereocenters. The summed E-state index contributed by atoms with van der Waals surface area (Å²) in [6.45, 7) is 0. The van der Waals surface area contributed by atoms with Crippen molar-refractivity contribution in [3.63, 3.8) is 0 Å². The van der Waals surface area contributed by atoms with Gasteiger partial charge in [0.1, 0.15) is 5.75 Å². The fraction of sp³-hybridized carbons (Fsp3) is 0.0714. The molecule has 0 radical (unpaired) electrons. The molecule has 0 unspecified atom stereocenters. The quantitative estimate of drug-likeness (QED) is 0.736. The van der Waals surface area contributed by atoms with Crippen LogP contribution < -0.4 is 0 Å². The minimum atomic E-state index is -3.53.